The lowest BCUT2D eigenvalue weighted by molar-refractivity contribution is 0.00362. The maximum atomic E-state index is 6.07. The summed E-state index contributed by atoms with van der Waals surface area (Å²) in [6.07, 6.45) is 0.771. The molecule has 0 aromatic heterocycles. The number of rotatable bonds is 4. The highest BCUT2D eigenvalue weighted by Gasteiger charge is 2.28. The first-order valence-electron chi connectivity index (χ1n) is 3.79. The summed E-state index contributed by atoms with van der Waals surface area (Å²) < 4.78 is 0. The maximum Gasteiger partial charge on any atom is 0.126 e. The van der Waals surface area contributed by atoms with Gasteiger partial charge in [0.25, 0.3) is 0 Å². The molecule has 0 spiro atoms. The molecule has 0 bridgehead atoms. The predicted molar refractivity (Wildman–Crippen MR) is 48.0 cm³/mol. The second kappa shape index (κ2) is 4.01. The zero-order chi connectivity index (χ0) is 9.07. The van der Waals surface area contributed by atoms with E-state index in [1.54, 1.807) is 0 Å². The predicted octanol–water partition coefficient (Wildman–Crippen LogP) is -0.929. The van der Waals surface area contributed by atoms with E-state index >= 15 is 0 Å². The van der Waals surface area contributed by atoms with Gasteiger partial charge in [-0.3, -0.25) is 9.80 Å². The van der Waals surface area contributed by atoms with Crippen molar-refractivity contribution in [3.63, 3.8) is 0 Å². The Morgan fingerprint density at radius 2 is 1.45 bits per heavy atom. The zero-order valence-corrected chi connectivity index (χ0v) is 7.96. The Labute approximate surface area is 69.1 Å². The third-order valence-corrected chi connectivity index (χ3v) is 2.06. The van der Waals surface area contributed by atoms with Crippen molar-refractivity contribution >= 4 is 0 Å². The summed E-state index contributed by atoms with van der Waals surface area (Å²) in [4.78, 5) is 3.94. The van der Waals surface area contributed by atoms with E-state index in [2.05, 4.69) is 0 Å². The molecule has 0 fully saturated rings. The quantitative estimate of drug-likeness (QED) is 0.522. The van der Waals surface area contributed by atoms with Crippen LogP contribution in [0.5, 0.6) is 0 Å². The van der Waals surface area contributed by atoms with Gasteiger partial charge in [0, 0.05) is 6.42 Å². The molecule has 0 rings (SSSR count). The van der Waals surface area contributed by atoms with Crippen LogP contribution in [0.1, 0.15) is 6.42 Å². The van der Waals surface area contributed by atoms with E-state index in [1.807, 2.05) is 38.0 Å². The van der Waals surface area contributed by atoms with Crippen molar-refractivity contribution in [1.29, 1.82) is 0 Å². The summed E-state index contributed by atoms with van der Waals surface area (Å²) in [5.74, 6) is -0.408. The van der Waals surface area contributed by atoms with Gasteiger partial charge in [-0.05, 0) is 34.7 Å². The van der Waals surface area contributed by atoms with Crippen LogP contribution >= 0.6 is 0 Å². The van der Waals surface area contributed by atoms with Gasteiger partial charge in [-0.1, -0.05) is 0 Å². The van der Waals surface area contributed by atoms with Crippen LogP contribution < -0.4 is 11.5 Å². The van der Waals surface area contributed by atoms with Gasteiger partial charge in [0.05, 0.1) is 0 Å². The van der Waals surface area contributed by atoms with Gasteiger partial charge in [0.2, 0.25) is 0 Å². The number of nitrogens with zero attached hydrogens (tertiary/aromatic N) is 2. The molecule has 0 heterocycles. The first kappa shape index (κ1) is 10.8. The van der Waals surface area contributed by atoms with Gasteiger partial charge >= 0.3 is 0 Å². The van der Waals surface area contributed by atoms with Crippen LogP contribution in [0, 0.1) is 0 Å². The van der Waals surface area contributed by atoms with Crippen LogP contribution in [0.3, 0.4) is 0 Å². The molecule has 4 nitrogen and oxygen atoms in total. The van der Waals surface area contributed by atoms with Crippen LogP contribution in [-0.2, 0) is 0 Å². The SMILES string of the molecule is CN(C)C(N)(CCN)N(C)C. The van der Waals surface area contributed by atoms with Gasteiger partial charge < -0.3 is 11.5 Å². The highest BCUT2D eigenvalue weighted by molar-refractivity contribution is 4.77. The minimum absolute atomic E-state index is 0.408. The molecule has 0 saturated heterocycles. The van der Waals surface area contributed by atoms with Crippen molar-refractivity contribution in [3.05, 3.63) is 0 Å². The molecule has 11 heavy (non-hydrogen) atoms. The van der Waals surface area contributed by atoms with Crippen molar-refractivity contribution in [1.82, 2.24) is 9.80 Å². The van der Waals surface area contributed by atoms with E-state index in [0.29, 0.717) is 6.54 Å². The first-order valence-corrected chi connectivity index (χ1v) is 3.79. The molecule has 4 N–H and O–H groups in total. The molecule has 4 heteroatoms. The fourth-order valence-electron chi connectivity index (χ4n) is 1.06. The van der Waals surface area contributed by atoms with Crippen LogP contribution in [0.4, 0.5) is 0 Å². The molecule has 0 atom stereocenters. The van der Waals surface area contributed by atoms with Crippen LogP contribution in [0.15, 0.2) is 0 Å². The number of hydrogen-bond acceptors (Lipinski definition) is 4. The van der Waals surface area contributed by atoms with Crippen molar-refractivity contribution in [2.24, 2.45) is 11.5 Å². The summed E-state index contributed by atoms with van der Waals surface area (Å²) >= 11 is 0. The van der Waals surface area contributed by atoms with Crippen molar-refractivity contribution in [2.45, 2.75) is 12.2 Å². The van der Waals surface area contributed by atoms with Crippen molar-refractivity contribution in [3.8, 4) is 0 Å². The van der Waals surface area contributed by atoms with Crippen molar-refractivity contribution < 1.29 is 0 Å². The maximum absolute atomic E-state index is 6.07. The molecule has 0 aromatic rings. The molecular weight excluding hydrogens is 140 g/mol. The average Bonchev–Trinajstić information content (AvgIpc) is 1.87. The van der Waals surface area contributed by atoms with Gasteiger partial charge in [0.1, 0.15) is 5.79 Å². The smallest absolute Gasteiger partial charge is 0.126 e. The van der Waals surface area contributed by atoms with Crippen LogP contribution in [0.2, 0.25) is 0 Å². The summed E-state index contributed by atoms with van der Waals surface area (Å²) in [6, 6.07) is 0. The highest BCUT2D eigenvalue weighted by Crippen LogP contribution is 2.10. The van der Waals surface area contributed by atoms with E-state index in [9.17, 15) is 0 Å². The van der Waals surface area contributed by atoms with E-state index < -0.39 is 5.79 Å². The Bertz CT molecular complexity index is 103. The Hall–Kier alpha value is -0.160. The first-order chi connectivity index (χ1) is 4.95. The minimum Gasteiger partial charge on any atom is -0.330 e. The monoisotopic (exact) mass is 160 g/mol. The Balaban J connectivity index is 4.26. The van der Waals surface area contributed by atoms with E-state index in [4.69, 9.17) is 11.5 Å². The summed E-state index contributed by atoms with van der Waals surface area (Å²) in [5.41, 5.74) is 11.5. The minimum atomic E-state index is -0.408. The molecule has 0 amide bonds. The lowest BCUT2D eigenvalue weighted by Gasteiger charge is -2.41. The zero-order valence-electron chi connectivity index (χ0n) is 7.96. The van der Waals surface area contributed by atoms with E-state index in [-0.39, 0.29) is 0 Å². The largest absolute Gasteiger partial charge is 0.330 e. The average molecular weight is 160 g/mol. The van der Waals surface area contributed by atoms with Gasteiger partial charge in [-0.15, -0.1) is 0 Å². The number of hydrogen-bond donors (Lipinski definition) is 2. The molecule has 0 aliphatic rings. The van der Waals surface area contributed by atoms with Crippen molar-refractivity contribution in [2.75, 3.05) is 34.7 Å². The molecule has 0 aromatic carbocycles. The third kappa shape index (κ3) is 2.41. The summed E-state index contributed by atoms with van der Waals surface area (Å²) in [5, 5.41) is 0. The van der Waals surface area contributed by atoms with Gasteiger partial charge in [-0.25, -0.2) is 0 Å². The summed E-state index contributed by atoms with van der Waals surface area (Å²) in [7, 11) is 7.82. The fourth-order valence-corrected chi connectivity index (χ4v) is 1.06. The Kier molecular flexibility index (Phi) is 3.96. The van der Waals surface area contributed by atoms with Crippen LogP contribution in [0.25, 0.3) is 0 Å². The Morgan fingerprint density at radius 1 is 1.09 bits per heavy atom. The van der Waals surface area contributed by atoms with Crippen LogP contribution in [-0.4, -0.2) is 50.3 Å². The molecule has 0 aliphatic heterocycles. The second-order valence-electron chi connectivity index (χ2n) is 3.21. The fraction of sp³-hybridized carbons (Fsp3) is 1.00. The Morgan fingerprint density at radius 3 is 1.55 bits per heavy atom. The van der Waals surface area contributed by atoms with E-state index in [1.165, 1.54) is 0 Å². The van der Waals surface area contributed by atoms with E-state index in [0.717, 1.165) is 6.42 Å². The topological polar surface area (TPSA) is 58.5 Å². The normalized spacial score (nSPS) is 13.1. The van der Waals surface area contributed by atoms with Gasteiger partial charge in [0.15, 0.2) is 0 Å². The highest BCUT2D eigenvalue weighted by atomic mass is 15.4. The number of nitrogens with two attached hydrogens (primary N) is 2. The lowest BCUT2D eigenvalue weighted by atomic mass is 10.2. The molecule has 0 radical (unpaired) electrons. The summed E-state index contributed by atoms with van der Waals surface area (Å²) in [6.45, 7) is 0.604. The third-order valence-electron chi connectivity index (χ3n) is 2.06. The molecule has 0 unspecified atom stereocenters. The molecule has 0 saturated carbocycles. The van der Waals surface area contributed by atoms with Gasteiger partial charge in [-0.2, -0.15) is 0 Å². The second-order valence-corrected chi connectivity index (χ2v) is 3.21. The lowest BCUT2D eigenvalue weighted by Crippen LogP contribution is -2.63. The standard InChI is InChI=1S/C7H20N4/c1-10(2)7(9,5-6-8)11(3)4/h5-6,8-9H2,1-4H3. The molecule has 68 valence electrons. The molecular formula is C7H20N4. The molecule has 0 aliphatic carbocycles.